The summed E-state index contributed by atoms with van der Waals surface area (Å²) in [7, 11) is 0. The third kappa shape index (κ3) is 3.19. The first kappa shape index (κ1) is 19.2. The topological polar surface area (TPSA) is 46.0 Å². The van der Waals surface area contributed by atoms with Gasteiger partial charge in [-0.25, -0.2) is 0 Å². The van der Waals surface area contributed by atoms with Crippen LogP contribution in [0.1, 0.15) is 60.4 Å². The summed E-state index contributed by atoms with van der Waals surface area (Å²) in [6, 6.07) is 13.2. The highest BCUT2D eigenvalue weighted by Crippen LogP contribution is 2.44. The molecule has 0 radical (unpaired) electrons. The average molecular weight is 418 g/mol. The molecule has 2 aliphatic rings. The van der Waals surface area contributed by atoms with Crippen LogP contribution < -0.4 is 5.32 Å². The molecular formula is C24H27N5S. The Hall–Kier alpha value is -2.73. The Morgan fingerprint density at radius 1 is 1.07 bits per heavy atom. The van der Waals surface area contributed by atoms with Gasteiger partial charge in [0.1, 0.15) is 0 Å². The highest BCUT2D eigenvalue weighted by molar-refractivity contribution is 7.80. The zero-order valence-electron chi connectivity index (χ0n) is 17.5. The lowest BCUT2D eigenvalue weighted by Crippen LogP contribution is -2.37. The summed E-state index contributed by atoms with van der Waals surface area (Å²) >= 11 is 5.88. The first-order chi connectivity index (χ1) is 14.6. The molecule has 0 unspecified atom stereocenters. The number of aryl methyl sites for hydroxylation is 1. The van der Waals surface area contributed by atoms with Crippen LogP contribution >= 0.6 is 12.2 Å². The molecule has 3 aromatic heterocycles. The van der Waals surface area contributed by atoms with Crippen molar-refractivity contribution in [2.75, 3.05) is 0 Å². The second-order valence-electron chi connectivity index (χ2n) is 8.35. The monoisotopic (exact) mass is 417 g/mol. The van der Waals surface area contributed by atoms with Crippen LogP contribution in [-0.2, 0) is 0 Å². The van der Waals surface area contributed by atoms with Crippen molar-refractivity contribution in [2.24, 2.45) is 0 Å². The van der Waals surface area contributed by atoms with Crippen molar-refractivity contribution in [3.8, 4) is 5.69 Å². The van der Waals surface area contributed by atoms with Gasteiger partial charge >= 0.3 is 0 Å². The Bertz CT molecular complexity index is 1040. The maximum Gasteiger partial charge on any atom is 0.170 e. The Kier molecular flexibility index (Phi) is 5.03. The van der Waals surface area contributed by atoms with Gasteiger partial charge < -0.3 is 14.8 Å². The molecule has 0 amide bonds. The minimum Gasteiger partial charge on any atom is -0.352 e. The van der Waals surface area contributed by atoms with Crippen molar-refractivity contribution < 1.29 is 0 Å². The van der Waals surface area contributed by atoms with E-state index in [1.165, 1.54) is 42.6 Å². The molecular weight excluding hydrogens is 390 g/mol. The molecule has 0 bridgehead atoms. The van der Waals surface area contributed by atoms with Gasteiger partial charge in [0.05, 0.1) is 29.7 Å². The van der Waals surface area contributed by atoms with Gasteiger partial charge in [0, 0.05) is 29.8 Å². The van der Waals surface area contributed by atoms with Crippen LogP contribution in [0.5, 0.6) is 0 Å². The predicted molar refractivity (Wildman–Crippen MR) is 123 cm³/mol. The maximum atomic E-state index is 5.88. The highest BCUT2D eigenvalue weighted by atomic mass is 32.1. The van der Waals surface area contributed by atoms with Crippen molar-refractivity contribution in [1.82, 2.24) is 24.8 Å². The van der Waals surface area contributed by atoms with Crippen molar-refractivity contribution in [3.05, 3.63) is 77.6 Å². The summed E-state index contributed by atoms with van der Waals surface area (Å²) in [6.45, 7) is 4.37. The fourth-order valence-corrected chi connectivity index (χ4v) is 5.63. The summed E-state index contributed by atoms with van der Waals surface area (Å²) in [6.07, 6.45) is 10.6. The normalized spacial score (nSPS) is 21.9. The first-order valence-electron chi connectivity index (χ1n) is 10.7. The lowest BCUT2D eigenvalue weighted by Gasteiger charge is -2.33. The van der Waals surface area contributed by atoms with Crippen molar-refractivity contribution in [3.63, 3.8) is 0 Å². The van der Waals surface area contributed by atoms with Crippen LogP contribution in [0, 0.1) is 13.8 Å². The van der Waals surface area contributed by atoms with Crippen LogP contribution in [0.25, 0.3) is 5.69 Å². The van der Waals surface area contributed by atoms with Crippen molar-refractivity contribution in [2.45, 2.75) is 57.7 Å². The van der Waals surface area contributed by atoms with Gasteiger partial charge in [0.15, 0.2) is 5.11 Å². The van der Waals surface area contributed by atoms with Crippen molar-refractivity contribution in [1.29, 1.82) is 0 Å². The van der Waals surface area contributed by atoms with E-state index < -0.39 is 0 Å². The van der Waals surface area contributed by atoms with Gasteiger partial charge in [-0.2, -0.15) is 0 Å². The van der Waals surface area contributed by atoms with E-state index in [2.05, 4.69) is 62.9 Å². The summed E-state index contributed by atoms with van der Waals surface area (Å²) in [5, 5.41) is 4.47. The third-order valence-corrected chi connectivity index (χ3v) is 6.88. The summed E-state index contributed by atoms with van der Waals surface area (Å²) < 4.78 is 2.30. The Balaban J connectivity index is 1.64. The van der Waals surface area contributed by atoms with Gasteiger partial charge in [0.25, 0.3) is 0 Å². The molecule has 2 atom stereocenters. The molecule has 30 heavy (non-hydrogen) atoms. The van der Waals surface area contributed by atoms with Gasteiger partial charge in [-0.3, -0.25) is 9.97 Å². The number of nitrogens with zero attached hydrogens (tertiary/aromatic N) is 4. The standard InChI is InChI=1S/C24H27N5S/c1-16-14-20(17(2)28(16)19-10-7-12-25-15-19)23-22(21-11-5-6-13-26-21)27-24(30)29(23)18-8-3-4-9-18/h5-7,10-15,18,22-23H,3-4,8-9H2,1-2H3,(H,27,30)/t22-,23+/m1/s1. The number of pyridine rings is 2. The van der Waals surface area contributed by atoms with Gasteiger partial charge in [-0.05, 0) is 74.8 Å². The molecule has 5 nitrogen and oxygen atoms in total. The molecule has 6 heteroatoms. The SMILES string of the molecule is Cc1cc([C@H]2[C@@H](c3ccccn3)NC(=S)N2C2CCCC2)c(C)n1-c1cccnc1. The minimum absolute atomic E-state index is 0.0437. The summed E-state index contributed by atoms with van der Waals surface area (Å²) in [5.74, 6) is 0. The van der Waals surface area contributed by atoms with E-state index in [9.17, 15) is 0 Å². The Morgan fingerprint density at radius 2 is 1.90 bits per heavy atom. The fraction of sp³-hybridized carbons (Fsp3) is 0.375. The van der Waals surface area contributed by atoms with E-state index in [0.29, 0.717) is 6.04 Å². The largest absolute Gasteiger partial charge is 0.352 e. The molecule has 1 saturated heterocycles. The fourth-order valence-electron chi connectivity index (χ4n) is 5.24. The Morgan fingerprint density at radius 3 is 2.60 bits per heavy atom. The average Bonchev–Trinajstić information content (AvgIpc) is 3.47. The molecule has 154 valence electrons. The number of nitrogens with one attached hydrogen (secondary N) is 1. The number of rotatable bonds is 4. The molecule has 2 fully saturated rings. The number of thiocarbonyl (C=S) groups is 1. The molecule has 5 rings (SSSR count). The van der Waals surface area contributed by atoms with Crippen LogP contribution in [0.3, 0.4) is 0 Å². The second kappa shape index (κ2) is 7.84. The van der Waals surface area contributed by atoms with Crippen LogP contribution in [0.4, 0.5) is 0 Å². The van der Waals surface area contributed by atoms with Gasteiger partial charge in [-0.15, -0.1) is 0 Å². The second-order valence-corrected chi connectivity index (χ2v) is 8.73. The first-order valence-corrected chi connectivity index (χ1v) is 11.1. The van der Waals surface area contributed by atoms with Gasteiger partial charge in [-0.1, -0.05) is 18.9 Å². The highest BCUT2D eigenvalue weighted by Gasteiger charge is 2.44. The molecule has 4 heterocycles. The van der Waals surface area contributed by atoms with Crippen LogP contribution in [0.2, 0.25) is 0 Å². The van der Waals surface area contributed by atoms with E-state index in [0.717, 1.165) is 16.5 Å². The minimum atomic E-state index is 0.0437. The summed E-state index contributed by atoms with van der Waals surface area (Å²) in [5.41, 5.74) is 5.89. The molecule has 1 aliphatic heterocycles. The smallest absolute Gasteiger partial charge is 0.170 e. The maximum absolute atomic E-state index is 5.88. The van der Waals surface area contributed by atoms with Crippen molar-refractivity contribution >= 4 is 17.3 Å². The zero-order valence-corrected chi connectivity index (χ0v) is 18.3. The van der Waals surface area contributed by atoms with Crippen LogP contribution in [-0.4, -0.2) is 30.6 Å². The van der Waals surface area contributed by atoms with Crippen LogP contribution in [0.15, 0.2) is 55.0 Å². The Labute approximate surface area is 183 Å². The molecule has 0 aromatic carbocycles. The third-order valence-electron chi connectivity index (χ3n) is 6.55. The quantitative estimate of drug-likeness (QED) is 0.618. The van der Waals surface area contributed by atoms with E-state index >= 15 is 0 Å². The molecule has 1 aliphatic carbocycles. The summed E-state index contributed by atoms with van der Waals surface area (Å²) in [4.78, 5) is 11.5. The predicted octanol–water partition coefficient (Wildman–Crippen LogP) is 4.80. The number of hydrogen-bond acceptors (Lipinski definition) is 3. The van der Waals surface area contributed by atoms with E-state index in [1.54, 1.807) is 0 Å². The van der Waals surface area contributed by atoms with E-state index in [1.807, 2.05) is 30.7 Å². The lowest BCUT2D eigenvalue weighted by atomic mass is 9.95. The number of aromatic nitrogens is 3. The molecule has 1 saturated carbocycles. The molecule has 0 spiro atoms. The zero-order chi connectivity index (χ0) is 20.7. The lowest BCUT2D eigenvalue weighted by molar-refractivity contribution is 0.245. The molecule has 1 N–H and O–H groups in total. The number of hydrogen-bond donors (Lipinski definition) is 1. The molecule has 3 aromatic rings. The van der Waals surface area contributed by atoms with E-state index in [4.69, 9.17) is 12.2 Å². The van der Waals surface area contributed by atoms with E-state index in [-0.39, 0.29) is 12.1 Å². The van der Waals surface area contributed by atoms with Gasteiger partial charge in [0.2, 0.25) is 0 Å².